The van der Waals surface area contributed by atoms with Gasteiger partial charge < -0.3 is 10.2 Å². The van der Waals surface area contributed by atoms with E-state index in [1.807, 2.05) is 12.4 Å². The van der Waals surface area contributed by atoms with E-state index in [1.54, 1.807) is 17.1 Å². The Morgan fingerprint density at radius 1 is 1.04 bits per heavy atom. The number of hydrogen-bond acceptors (Lipinski definition) is 5. The van der Waals surface area contributed by atoms with E-state index < -0.39 is 0 Å². The van der Waals surface area contributed by atoms with Gasteiger partial charge in [-0.15, -0.1) is 0 Å². The first kappa shape index (κ1) is 15.1. The molecule has 126 valence electrons. The van der Waals surface area contributed by atoms with E-state index in [1.165, 1.54) is 12.8 Å². The fourth-order valence-corrected chi connectivity index (χ4v) is 3.50. The van der Waals surface area contributed by atoms with Gasteiger partial charge in [0.25, 0.3) is 5.95 Å². The van der Waals surface area contributed by atoms with E-state index in [4.69, 9.17) is 0 Å². The van der Waals surface area contributed by atoms with E-state index in [-0.39, 0.29) is 11.8 Å². The van der Waals surface area contributed by atoms with Gasteiger partial charge in [-0.2, -0.15) is 5.10 Å². The van der Waals surface area contributed by atoms with Gasteiger partial charge in [0.1, 0.15) is 0 Å². The number of rotatable bonds is 4. The van der Waals surface area contributed by atoms with Crippen LogP contribution in [0.15, 0.2) is 24.8 Å². The maximum absolute atomic E-state index is 12.2. The molecule has 4 rings (SSSR count). The summed E-state index contributed by atoms with van der Waals surface area (Å²) in [4.78, 5) is 23.3. The maximum Gasteiger partial charge on any atom is 0.250 e. The zero-order valence-electron chi connectivity index (χ0n) is 13.7. The number of nitrogens with one attached hydrogen (secondary N) is 1. The minimum Gasteiger partial charge on any atom is -0.369 e. The summed E-state index contributed by atoms with van der Waals surface area (Å²) in [6.07, 6.45) is 13.8. The molecule has 1 N–H and O–H groups in total. The lowest BCUT2D eigenvalue weighted by atomic mass is 10.1. The van der Waals surface area contributed by atoms with Crippen molar-refractivity contribution < 1.29 is 4.79 Å². The molecular weight excluding hydrogens is 304 g/mol. The van der Waals surface area contributed by atoms with Crippen molar-refractivity contribution >= 4 is 17.3 Å². The summed E-state index contributed by atoms with van der Waals surface area (Å²) in [6.45, 7) is 2.14. The molecule has 2 aromatic heterocycles. The summed E-state index contributed by atoms with van der Waals surface area (Å²) < 4.78 is 1.60. The van der Waals surface area contributed by atoms with E-state index in [9.17, 15) is 4.79 Å². The number of amides is 1. The number of hydrogen-bond donors (Lipinski definition) is 1. The van der Waals surface area contributed by atoms with Crippen molar-refractivity contribution in [3.8, 4) is 5.95 Å². The van der Waals surface area contributed by atoms with E-state index in [0.717, 1.165) is 44.5 Å². The van der Waals surface area contributed by atoms with Gasteiger partial charge in [-0.25, -0.2) is 14.6 Å². The molecule has 24 heavy (non-hydrogen) atoms. The molecule has 2 aromatic rings. The predicted molar refractivity (Wildman–Crippen MR) is 91.2 cm³/mol. The van der Waals surface area contributed by atoms with Crippen molar-refractivity contribution in [3.63, 3.8) is 0 Å². The SMILES string of the molecule is O=C(Nc1cnn(-c2ncc(N3CCCC3)cn2)c1)C1CCCC1. The number of anilines is 2. The molecule has 3 heterocycles. The fraction of sp³-hybridized carbons (Fsp3) is 0.529. The van der Waals surface area contributed by atoms with Gasteiger partial charge >= 0.3 is 0 Å². The standard InChI is InChI=1S/C17H22N6O/c24-16(13-5-1-2-6-13)21-14-9-20-23(12-14)17-18-10-15(11-19-17)22-7-3-4-8-22/h9-13H,1-8H2,(H,21,24). The molecule has 7 heteroatoms. The zero-order valence-corrected chi connectivity index (χ0v) is 13.7. The molecule has 2 fully saturated rings. The first-order valence-corrected chi connectivity index (χ1v) is 8.72. The second-order valence-electron chi connectivity index (χ2n) is 6.58. The van der Waals surface area contributed by atoms with Crippen LogP contribution in [-0.4, -0.2) is 38.7 Å². The number of nitrogens with zero attached hydrogens (tertiary/aromatic N) is 5. The highest BCUT2D eigenvalue weighted by Gasteiger charge is 2.23. The topological polar surface area (TPSA) is 75.9 Å². The highest BCUT2D eigenvalue weighted by Crippen LogP contribution is 2.26. The van der Waals surface area contributed by atoms with Crippen LogP contribution in [0.25, 0.3) is 5.95 Å². The van der Waals surface area contributed by atoms with Crippen LogP contribution in [0.4, 0.5) is 11.4 Å². The van der Waals surface area contributed by atoms with Crippen LogP contribution in [0.3, 0.4) is 0 Å². The summed E-state index contributed by atoms with van der Waals surface area (Å²) >= 11 is 0. The van der Waals surface area contributed by atoms with Crippen molar-refractivity contribution in [3.05, 3.63) is 24.8 Å². The predicted octanol–water partition coefficient (Wildman–Crippen LogP) is 2.39. The molecule has 7 nitrogen and oxygen atoms in total. The third-order valence-electron chi connectivity index (χ3n) is 4.88. The number of carbonyl (C=O) groups is 1. The molecule has 0 bridgehead atoms. The molecule has 1 saturated carbocycles. The Bertz CT molecular complexity index is 698. The smallest absolute Gasteiger partial charge is 0.250 e. The summed E-state index contributed by atoms with van der Waals surface area (Å²) in [7, 11) is 0. The lowest BCUT2D eigenvalue weighted by Gasteiger charge is -2.16. The lowest BCUT2D eigenvalue weighted by Crippen LogP contribution is -2.20. The average molecular weight is 326 g/mol. The quantitative estimate of drug-likeness (QED) is 0.933. The lowest BCUT2D eigenvalue weighted by molar-refractivity contribution is -0.119. The molecule has 1 aliphatic heterocycles. The van der Waals surface area contributed by atoms with Crippen molar-refractivity contribution in [2.75, 3.05) is 23.3 Å². The normalized spacial score (nSPS) is 18.2. The van der Waals surface area contributed by atoms with Crippen LogP contribution >= 0.6 is 0 Å². The number of aromatic nitrogens is 4. The summed E-state index contributed by atoms with van der Waals surface area (Å²) in [6, 6.07) is 0. The van der Waals surface area contributed by atoms with Crippen molar-refractivity contribution in [2.45, 2.75) is 38.5 Å². The van der Waals surface area contributed by atoms with Gasteiger partial charge in [0.05, 0.1) is 36.2 Å². The van der Waals surface area contributed by atoms with Gasteiger partial charge in [-0.3, -0.25) is 4.79 Å². The molecular formula is C17H22N6O. The van der Waals surface area contributed by atoms with Crippen LogP contribution in [-0.2, 0) is 4.79 Å². The summed E-state index contributed by atoms with van der Waals surface area (Å²) in [5.41, 5.74) is 1.75. The molecule has 0 aromatic carbocycles. The molecule has 0 unspecified atom stereocenters. The first-order valence-electron chi connectivity index (χ1n) is 8.72. The van der Waals surface area contributed by atoms with Crippen molar-refractivity contribution in [2.24, 2.45) is 5.92 Å². The Labute approximate surface area is 141 Å². The van der Waals surface area contributed by atoms with Crippen LogP contribution in [0.5, 0.6) is 0 Å². The second-order valence-corrected chi connectivity index (χ2v) is 6.58. The Balaban J connectivity index is 1.43. The fourth-order valence-electron chi connectivity index (χ4n) is 3.50. The average Bonchev–Trinajstić information content (AvgIpc) is 3.36. The highest BCUT2D eigenvalue weighted by molar-refractivity contribution is 5.92. The Morgan fingerprint density at radius 3 is 2.46 bits per heavy atom. The van der Waals surface area contributed by atoms with Crippen molar-refractivity contribution in [1.29, 1.82) is 0 Å². The third kappa shape index (κ3) is 3.11. The molecule has 0 spiro atoms. The summed E-state index contributed by atoms with van der Waals surface area (Å²) in [5.74, 6) is 0.751. The Kier molecular flexibility index (Phi) is 4.15. The zero-order chi connectivity index (χ0) is 16.4. The molecule has 0 atom stereocenters. The maximum atomic E-state index is 12.2. The third-order valence-corrected chi connectivity index (χ3v) is 4.88. The largest absolute Gasteiger partial charge is 0.369 e. The number of carbonyl (C=O) groups excluding carboxylic acids is 1. The van der Waals surface area contributed by atoms with Gasteiger partial charge in [-0.1, -0.05) is 12.8 Å². The first-order chi connectivity index (χ1) is 11.8. The van der Waals surface area contributed by atoms with Crippen molar-refractivity contribution in [1.82, 2.24) is 19.7 Å². The van der Waals surface area contributed by atoms with Crippen LogP contribution in [0.2, 0.25) is 0 Å². The van der Waals surface area contributed by atoms with Gasteiger partial charge in [0.2, 0.25) is 5.91 Å². The Hall–Kier alpha value is -2.44. The molecule has 1 amide bonds. The van der Waals surface area contributed by atoms with Crippen LogP contribution in [0, 0.1) is 5.92 Å². The minimum atomic E-state index is 0.0948. The second kappa shape index (κ2) is 6.59. The van der Waals surface area contributed by atoms with E-state index in [0.29, 0.717) is 11.6 Å². The monoisotopic (exact) mass is 326 g/mol. The van der Waals surface area contributed by atoms with Gasteiger partial charge in [0.15, 0.2) is 0 Å². The Morgan fingerprint density at radius 2 is 1.75 bits per heavy atom. The molecule has 1 aliphatic carbocycles. The van der Waals surface area contributed by atoms with E-state index >= 15 is 0 Å². The molecule has 1 saturated heterocycles. The van der Waals surface area contributed by atoms with E-state index in [2.05, 4.69) is 25.3 Å². The van der Waals surface area contributed by atoms with Crippen LogP contribution in [0.1, 0.15) is 38.5 Å². The molecule has 2 aliphatic rings. The van der Waals surface area contributed by atoms with Crippen LogP contribution < -0.4 is 10.2 Å². The molecule has 0 radical (unpaired) electrons. The van der Waals surface area contributed by atoms with Gasteiger partial charge in [0, 0.05) is 19.0 Å². The van der Waals surface area contributed by atoms with Gasteiger partial charge in [-0.05, 0) is 25.7 Å². The summed E-state index contributed by atoms with van der Waals surface area (Å²) in [5, 5.41) is 7.20. The minimum absolute atomic E-state index is 0.0948. The highest BCUT2D eigenvalue weighted by atomic mass is 16.1.